The topological polar surface area (TPSA) is 38.7 Å². The molecule has 2 aromatic heterocycles. The van der Waals surface area contributed by atoms with Crippen molar-refractivity contribution in [2.45, 2.75) is 0 Å². The van der Waals surface area contributed by atoms with Crippen molar-refractivity contribution < 1.29 is 0 Å². The first-order chi connectivity index (χ1) is 29.2. The average molecular weight is 768 g/mol. The van der Waals surface area contributed by atoms with Crippen LogP contribution in [0.5, 0.6) is 0 Å². The van der Waals surface area contributed by atoms with Crippen molar-refractivity contribution in [1.29, 1.82) is 0 Å². The van der Waals surface area contributed by atoms with E-state index in [1.54, 1.807) is 11.3 Å². The van der Waals surface area contributed by atoms with Gasteiger partial charge in [-0.2, -0.15) is 0 Å². The van der Waals surface area contributed by atoms with Gasteiger partial charge in [0.15, 0.2) is 17.5 Å². The Balaban J connectivity index is 1.07. The molecule has 12 rings (SSSR count). The van der Waals surface area contributed by atoms with Gasteiger partial charge in [0.2, 0.25) is 0 Å². The lowest BCUT2D eigenvalue weighted by Crippen LogP contribution is -2.01. The quantitative estimate of drug-likeness (QED) is 0.164. The molecule has 274 valence electrons. The summed E-state index contributed by atoms with van der Waals surface area (Å²) in [6, 6.07) is 71.6. The van der Waals surface area contributed by atoms with Crippen LogP contribution in [-0.4, -0.2) is 15.0 Å². The molecule has 0 aliphatic heterocycles. The largest absolute Gasteiger partial charge is 0.208 e. The molecule has 12 aromatic rings. The number of benzene rings is 10. The zero-order valence-corrected chi connectivity index (χ0v) is 32.6. The Morgan fingerprint density at radius 2 is 0.729 bits per heavy atom. The van der Waals surface area contributed by atoms with Gasteiger partial charge in [0.05, 0.1) is 0 Å². The molecular weight excluding hydrogens is 735 g/mol. The van der Waals surface area contributed by atoms with Crippen LogP contribution < -0.4 is 0 Å². The first-order valence-corrected chi connectivity index (χ1v) is 20.8. The summed E-state index contributed by atoms with van der Waals surface area (Å²) in [7, 11) is 0. The van der Waals surface area contributed by atoms with Crippen LogP contribution in [0.4, 0.5) is 0 Å². The first kappa shape index (κ1) is 33.6. The molecule has 2 heterocycles. The fourth-order valence-electron chi connectivity index (χ4n) is 8.95. The molecular formula is C55H33N3S. The van der Waals surface area contributed by atoms with E-state index in [2.05, 4.69) is 200 Å². The van der Waals surface area contributed by atoms with E-state index in [1.165, 1.54) is 68.8 Å². The van der Waals surface area contributed by atoms with E-state index in [1.807, 2.05) is 0 Å². The number of hydrogen-bond acceptors (Lipinski definition) is 4. The molecule has 0 fully saturated rings. The van der Waals surface area contributed by atoms with Crippen LogP contribution >= 0.6 is 11.3 Å². The van der Waals surface area contributed by atoms with Crippen LogP contribution in [0.1, 0.15) is 0 Å². The van der Waals surface area contributed by atoms with Crippen LogP contribution in [0, 0.1) is 0 Å². The molecule has 0 aliphatic carbocycles. The predicted molar refractivity (Wildman–Crippen MR) is 250 cm³/mol. The number of nitrogens with zero attached hydrogens (tertiary/aromatic N) is 3. The third-order valence-corrected chi connectivity index (χ3v) is 12.9. The van der Waals surface area contributed by atoms with E-state index in [9.17, 15) is 0 Å². The Morgan fingerprint density at radius 3 is 1.42 bits per heavy atom. The Labute approximate surface area is 344 Å². The van der Waals surface area contributed by atoms with Crippen LogP contribution in [0.2, 0.25) is 0 Å². The molecule has 59 heavy (non-hydrogen) atoms. The second kappa shape index (κ2) is 13.6. The van der Waals surface area contributed by atoms with Crippen LogP contribution in [0.3, 0.4) is 0 Å². The van der Waals surface area contributed by atoms with Gasteiger partial charge in [0, 0.05) is 36.9 Å². The second-order valence-corrected chi connectivity index (χ2v) is 16.1. The molecule has 0 spiro atoms. The van der Waals surface area contributed by atoms with Crippen molar-refractivity contribution in [1.82, 2.24) is 15.0 Å². The molecule has 0 unspecified atom stereocenters. The SMILES string of the molecule is c1ccc(-c2cc3ccccc3c3ccccc23)c(-c2nc(-c3ccc(-c4cc5ccccc5c5ccccc45)cc3)nc(-c3cccc4c3sc3ccccc34)n2)c1. The van der Waals surface area contributed by atoms with Crippen molar-refractivity contribution >= 4 is 74.6 Å². The van der Waals surface area contributed by atoms with Crippen molar-refractivity contribution in [3.63, 3.8) is 0 Å². The summed E-state index contributed by atoms with van der Waals surface area (Å²) in [4.78, 5) is 16.0. The Hall–Kier alpha value is -7.53. The third kappa shape index (κ3) is 5.53. The molecule has 0 atom stereocenters. The fraction of sp³-hybridized carbons (Fsp3) is 0. The minimum Gasteiger partial charge on any atom is -0.208 e. The lowest BCUT2D eigenvalue weighted by Gasteiger charge is -2.15. The highest BCUT2D eigenvalue weighted by Gasteiger charge is 2.20. The van der Waals surface area contributed by atoms with E-state index in [-0.39, 0.29) is 0 Å². The van der Waals surface area contributed by atoms with Gasteiger partial charge in [-0.05, 0) is 89.6 Å². The summed E-state index contributed by atoms with van der Waals surface area (Å²) in [5.41, 5.74) is 7.47. The van der Waals surface area contributed by atoms with Gasteiger partial charge in [-0.15, -0.1) is 11.3 Å². The molecule has 0 aliphatic rings. The molecule has 0 amide bonds. The number of aromatic nitrogens is 3. The van der Waals surface area contributed by atoms with E-state index in [0.29, 0.717) is 17.5 Å². The van der Waals surface area contributed by atoms with Gasteiger partial charge >= 0.3 is 0 Å². The van der Waals surface area contributed by atoms with E-state index in [4.69, 9.17) is 15.0 Å². The molecule has 0 radical (unpaired) electrons. The normalized spacial score (nSPS) is 11.7. The van der Waals surface area contributed by atoms with Gasteiger partial charge < -0.3 is 0 Å². The van der Waals surface area contributed by atoms with Crippen LogP contribution in [0.25, 0.3) is 120 Å². The van der Waals surface area contributed by atoms with E-state index < -0.39 is 0 Å². The highest BCUT2D eigenvalue weighted by atomic mass is 32.1. The number of rotatable bonds is 5. The minimum absolute atomic E-state index is 0.635. The van der Waals surface area contributed by atoms with Crippen LogP contribution in [-0.2, 0) is 0 Å². The summed E-state index contributed by atoms with van der Waals surface area (Å²) >= 11 is 1.79. The van der Waals surface area contributed by atoms with Crippen molar-refractivity contribution in [2.75, 3.05) is 0 Å². The first-order valence-electron chi connectivity index (χ1n) is 19.9. The Bertz CT molecular complexity index is 3620. The van der Waals surface area contributed by atoms with Crippen molar-refractivity contribution in [3.05, 3.63) is 200 Å². The van der Waals surface area contributed by atoms with Gasteiger partial charge in [-0.1, -0.05) is 176 Å². The summed E-state index contributed by atoms with van der Waals surface area (Å²) in [6.45, 7) is 0. The van der Waals surface area contributed by atoms with Gasteiger partial charge in [-0.25, -0.2) is 15.0 Å². The molecule has 10 aromatic carbocycles. The minimum atomic E-state index is 0.635. The Morgan fingerprint density at radius 1 is 0.271 bits per heavy atom. The fourth-order valence-corrected chi connectivity index (χ4v) is 10.2. The molecule has 0 saturated carbocycles. The van der Waals surface area contributed by atoms with Gasteiger partial charge in [0.1, 0.15) is 0 Å². The molecule has 3 nitrogen and oxygen atoms in total. The maximum Gasteiger partial charge on any atom is 0.165 e. The predicted octanol–water partition coefficient (Wildman–Crippen LogP) is 15.2. The smallest absolute Gasteiger partial charge is 0.165 e. The van der Waals surface area contributed by atoms with Gasteiger partial charge in [0.25, 0.3) is 0 Å². The van der Waals surface area contributed by atoms with E-state index >= 15 is 0 Å². The molecule has 0 N–H and O–H groups in total. The lowest BCUT2D eigenvalue weighted by atomic mass is 9.91. The monoisotopic (exact) mass is 767 g/mol. The molecule has 0 bridgehead atoms. The number of hydrogen-bond donors (Lipinski definition) is 0. The maximum absolute atomic E-state index is 5.36. The van der Waals surface area contributed by atoms with Crippen molar-refractivity contribution in [2.24, 2.45) is 0 Å². The van der Waals surface area contributed by atoms with E-state index in [0.717, 1.165) is 33.4 Å². The standard InChI is InChI=1S/C55H33N3S/c1-3-16-38-36(14-1)32-49(42-20-7-5-18-40(38)42)34-28-30-35(31-29-34)53-56-54(58-55(57-53)48-26-13-25-46-45-23-11-12-27-51(45)59-52(46)48)47-24-10-9-22-44(47)50-33-37-15-2-4-17-39(37)41-19-6-8-21-43(41)50/h1-33H. The third-order valence-electron chi connectivity index (χ3n) is 11.7. The molecule has 4 heteroatoms. The summed E-state index contributed by atoms with van der Waals surface area (Å²) in [6.07, 6.45) is 0. The summed E-state index contributed by atoms with van der Waals surface area (Å²) in [5.74, 6) is 1.93. The zero-order valence-electron chi connectivity index (χ0n) is 31.8. The van der Waals surface area contributed by atoms with Crippen molar-refractivity contribution in [3.8, 4) is 56.4 Å². The maximum atomic E-state index is 5.36. The van der Waals surface area contributed by atoms with Gasteiger partial charge in [-0.3, -0.25) is 0 Å². The summed E-state index contributed by atoms with van der Waals surface area (Å²) < 4.78 is 2.42. The number of fused-ring (bicyclic) bond motifs is 9. The Kier molecular flexibility index (Phi) is 7.72. The van der Waals surface area contributed by atoms with Crippen LogP contribution in [0.15, 0.2) is 200 Å². The highest BCUT2D eigenvalue weighted by Crippen LogP contribution is 2.42. The zero-order chi connectivity index (χ0) is 38.9. The second-order valence-electron chi connectivity index (χ2n) is 15.1. The average Bonchev–Trinajstić information content (AvgIpc) is 3.70. The lowest BCUT2D eigenvalue weighted by molar-refractivity contribution is 1.08. The highest BCUT2D eigenvalue weighted by molar-refractivity contribution is 7.26. The molecule has 0 saturated heterocycles. The number of thiophene rings is 1. The summed E-state index contributed by atoms with van der Waals surface area (Å²) in [5, 5.41) is 12.3.